The third kappa shape index (κ3) is 1.16. The molecule has 0 radical (unpaired) electrons. The van der Waals surface area contributed by atoms with Crippen LogP contribution in [0.15, 0.2) is 18.3 Å². The standard InChI is InChI=1S/C14H18N2/c1-9-5-6-11-15-12-10(2)7-14(3,4)13(12)16(11)8-9/h5-6,8,10H,7H2,1-4H3. The van der Waals surface area contributed by atoms with Crippen molar-refractivity contribution in [1.82, 2.24) is 9.38 Å². The van der Waals surface area contributed by atoms with Gasteiger partial charge in [0.05, 0.1) is 11.4 Å². The van der Waals surface area contributed by atoms with Crippen LogP contribution < -0.4 is 0 Å². The lowest BCUT2D eigenvalue weighted by Crippen LogP contribution is -2.15. The first kappa shape index (κ1) is 9.88. The molecule has 1 aliphatic carbocycles. The molecule has 2 heterocycles. The van der Waals surface area contributed by atoms with Gasteiger partial charge < -0.3 is 4.40 Å². The number of rotatable bonds is 0. The second kappa shape index (κ2) is 2.88. The topological polar surface area (TPSA) is 17.3 Å². The van der Waals surface area contributed by atoms with Crippen molar-refractivity contribution in [3.63, 3.8) is 0 Å². The molecule has 2 nitrogen and oxygen atoms in total. The average molecular weight is 214 g/mol. The van der Waals surface area contributed by atoms with Gasteiger partial charge in [-0.25, -0.2) is 4.98 Å². The molecule has 0 saturated carbocycles. The van der Waals surface area contributed by atoms with Crippen LogP contribution in [-0.4, -0.2) is 9.38 Å². The summed E-state index contributed by atoms with van der Waals surface area (Å²) in [5.41, 5.74) is 5.36. The molecule has 3 rings (SSSR count). The van der Waals surface area contributed by atoms with Crippen LogP contribution in [0.2, 0.25) is 0 Å². The molecule has 84 valence electrons. The molecule has 2 aromatic rings. The Morgan fingerprint density at radius 3 is 2.88 bits per heavy atom. The van der Waals surface area contributed by atoms with Gasteiger partial charge in [0, 0.05) is 17.5 Å². The van der Waals surface area contributed by atoms with Crippen LogP contribution in [-0.2, 0) is 5.41 Å². The van der Waals surface area contributed by atoms with E-state index >= 15 is 0 Å². The van der Waals surface area contributed by atoms with Gasteiger partial charge in [-0.1, -0.05) is 26.8 Å². The van der Waals surface area contributed by atoms with Crippen LogP contribution in [0, 0.1) is 6.92 Å². The van der Waals surface area contributed by atoms with Gasteiger partial charge in [0.1, 0.15) is 5.65 Å². The Hall–Kier alpha value is -1.31. The molecule has 0 aliphatic heterocycles. The maximum Gasteiger partial charge on any atom is 0.137 e. The normalized spacial score (nSPS) is 22.6. The fourth-order valence-corrected chi connectivity index (χ4v) is 3.14. The molecule has 0 aromatic carbocycles. The molecule has 1 aliphatic rings. The maximum absolute atomic E-state index is 4.77. The Kier molecular flexibility index (Phi) is 1.78. The van der Waals surface area contributed by atoms with Crippen molar-refractivity contribution >= 4 is 5.65 Å². The first-order valence-electron chi connectivity index (χ1n) is 5.98. The van der Waals surface area contributed by atoms with Crippen molar-refractivity contribution in [1.29, 1.82) is 0 Å². The maximum atomic E-state index is 4.77. The average Bonchev–Trinajstić information content (AvgIpc) is 2.64. The fraction of sp³-hybridized carbons (Fsp3) is 0.500. The summed E-state index contributed by atoms with van der Waals surface area (Å²) >= 11 is 0. The molecule has 2 aromatic heterocycles. The molecule has 1 atom stereocenters. The van der Waals surface area contributed by atoms with Crippen LogP contribution in [0.5, 0.6) is 0 Å². The highest BCUT2D eigenvalue weighted by Gasteiger charge is 2.38. The lowest BCUT2D eigenvalue weighted by atomic mass is 9.89. The Morgan fingerprint density at radius 2 is 2.12 bits per heavy atom. The van der Waals surface area contributed by atoms with Crippen molar-refractivity contribution in [3.05, 3.63) is 35.3 Å². The second-order valence-electron chi connectivity index (χ2n) is 5.77. The largest absolute Gasteiger partial charge is 0.303 e. The van der Waals surface area contributed by atoms with E-state index in [1.165, 1.54) is 23.4 Å². The van der Waals surface area contributed by atoms with Crippen LogP contribution in [0.1, 0.15) is 50.1 Å². The van der Waals surface area contributed by atoms with Crippen molar-refractivity contribution in [2.75, 3.05) is 0 Å². The molecule has 0 saturated heterocycles. The van der Waals surface area contributed by atoms with Crippen molar-refractivity contribution in [3.8, 4) is 0 Å². The molecule has 0 spiro atoms. The minimum Gasteiger partial charge on any atom is -0.303 e. The van der Waals surface area contributed by atoms with E-state index in [4.69, 9.17) is 4.98 Å². The van der Waals surface area contributed by atoms with E-state index in [1.807, 2.05) is 0 Å². The summed E-state index contributed by atoms with van der Waals surface area (Å²) in [7, 11) is 0. The number of imidazole rings is 1. The lowest BCUT2D eigenvalue weighted by Gasteiger charge is -2.19. The summed E-state index contributed by atoms with van der Waals surface area (Å²) in [4.78, 5) is 4.77. The van der Waals surface area contributed by atoms with Gasteiger partial charge in [-0.05, 0) is 25.0 Å². The first-order valence-corrected chi connectivity index (χ1v) is 5.98. The lowest BCUT2D eigenvalue weighted by molar-refractivity contribution is 0.473. The SMILES string of the molecule is Cc1ccc2nc3c(n2c1)C(C)(C)CC3C. The Balaban J connectivity index is 2.39. The number of aromatic nitrogens is 2. The van der Waals surface area contributed by atoms with E-state index in [9.17, 15) is 0 Å². The quantitative estimate of drug-likeness (QED) is 0.656. The summed E-state index contributed by atoms with van der Waals surface area (Å²) in [5, 5.41) is 0. The van der Waals surface area contributed by atoms with E-state index in [1.54, 1.807) is 0 Å². The first-order chi connectivity index (χ1) is 7.49. The van der Waals surface area contributed by atoms with E-state index in [0.29, 0.717) is 5.92 Å². The van der Waals surface area contributed by atoms with Gasteiger partial charge in [0.25, 0.3) is 0 Å². The van der Waals surface area contributed by atoms with Gasteiger partial charge in [-0.3, -0.25) is 0 Å². The summed E-state index contributed by atoms with van der Waals surface area (Å²) in [6.07, 6.45) is 3.42. The molecule has 0 amide bonds. The van der Waals surface area contributed by atoms with Crippen LogP contribution in [0.3, 0.4) is 0 Å². The van der Waals surface area contributed by atoms with Crippen LogP contribution in [0.25, 0.3) is 5.65 Å². The van der Waals surface area contributed by atoms with Gasteiger partial charge >= 0.3 is 0 Å². The van der Waals surface area contributed by atoms with Crippen LogP contribution >= 0.6 is 0 Å². The summed E-state index contributed by atoms with van der Waals surface area (Å²) in [6.45, 7) is 9.07. The highest BCUT2D eigenvalue weighted by Crippen LogP contribution is 2.45. The Labute approximate surface area is 96.3 Å². The Morgan fingerprint density at radius 1 is 1.38 bits per heavy atom. The zero-order valence-corrected chi connectivity index (χ0v) is 10.4. The van der Waals surface area contributed by atoms with Gasteiger partial charge in [0.15, 0.2) is 0 Å². The van der Waals surface area contributed by atoms with E-state index < -0.39 is 0 Å². The highest BCUT2D eigenvalue weighted by atomic mass is 15.0. The predicted molar refractivity (Wildman–Crippen MR) is 66.0 cm³/mol. The molecule has 0 bridgehead atoms. The van der Waals surface area contributed by atoms with Gasteiger partial charge in [-0.2, -0.15) is 0 Å². The minimum absolute atomic E-state index is 0.252. The van der Waals surface area contributed by atoms with E-state index in [2.05, 4.69) is 50.4 Å². The number of hydrogen-bond donors (Lipinski definition) is 0. The molecular formula is C14H18N2. The third-order valence-corrected chi connectivity index (χ3v) is 3.72. The minimum atomic E-state index is 0.252. The third-order valence-electron chi connectivity index (χ3n) is 3.72. The zero-order chi connectivity index (χ0) is 11.5. The smallest absolute Gasteiger partial charge is 0.137 e. The number of fused-ring (bicyclic) bond motifs is 3. The zero-order valence-electron chi connectivity index (χ0n) is 10.4. The summed E-state index contributed by atoms with van der Waals surface area (Å²) in [5.74, 6) is 0.588. The number of aryl methyl sites for hydroxylation is 1. The van der Waals surface area contributed by atoms with E-state index in [0.717, 1.165) is 5.65 Å². The number of hydrogen-bond acceptors (Lipinski definition) is 1. The number of nitrogens with zero attached hydrogens (tertiary/aromatic N) is 2. The fourth-order valence-electron chi connectivity index (χ4n) is 3.14. The molecule has 16 heavy (non-hydrogen) atoms. The second-order valence-corrected chi connectivity index (χ2v) is 5.77. The molecule has 1 unspecified atom stereocenters. The predicted octanol–water partition coefficient (Wildman–Crippen LogP) is 3.43. The Bertz CT molecular complexity index is 563. The summed E-state index contributed by atoms with van der Waals surface area (Å²) < 4.78 is 2.29. The number of pyridine rings is 1. The molecule has 0 N–H and O–H groups in total. The van der Waals surface area contributed by atoms with Crippen molar-refractivity contribution < 1.29 is 0 Å². The van der Waals surface area contributed by atoms with Crippen molar-refractivity contribution in [2.24, 2.45) is 0 Å². The van der Waals surface area contributed by atoms with Gasteiger partial charge in [-0.15, -0.1) is 0 Å². The monoisotopic (exact) mass is 214 g/mol. The van der Waals surface area contributed by atoms with Gasteiger partial charge in [0.2, 0.25) is 0 Å². The summed E-state index contributed by atoms with van der Waals surface area (Å²) in [6, 6.07) is 4.26. The molecular weight excluding hydrogens is 196 g/mol. The van der Waals surface area contributed by atoms with E-state index in [-0.39, 0.29) is 5.41 Å². The van der Waals surface area contributed by atoms with Crippen molar-refractivity contribution in [2.45, 2.75) is 45.4 Å². The van der Waals surface area contributed by atoms with Crippen LogP contribution in [0.4, 0.5) is 0 Å². The molecule has 0 fully saturated rings. The molecule has 2 heteroatoms. The highest BCUT2D eigenvalue weighted by molar-refractivity contribution is 5.49.